The molecule has 0 N–H and O–H groups in total. The van der Waals surface area contributed by atoms with Gasteiger partial charge in [0.15, 0.2) is 0 Å². The molecule has 3 aromatic carbocycles. The number of benzene rings is 3. The lowest BCUT2D eigenvalue weighted by molar-refractivity contribution is 0.923. The van der Waals surface area contributed by atoms with Crippen molar-refractivity contribution in [1.29, 1.82) is 0 Å². The normalized spacial score (nSPS) is 11.3. The molecule has 0 saturated heterocycles. The molecule has 22 heavy (non-hydrogen) atoms. The Bertz CT molecular complexity index is 932. The van der Waals surface area contributed by atoms with Crippen LogP contribution in [0.1, 0.15) is 18.9 Å². The highest BCUT2D eigenvalue weighted by molar-refractivity contribution is 6.09. The van der Waals surface area contributed by atoms with Crippen LogP contribution in [0, 0.1) is 0 Å². The van der Waals surface area contributed by atoms with Crippen molar-refractivity contribution in [2.75, 3.05) is 0 Å². The second kappa shape index (κ2) is 5.34. The summed E-state index contributed by atoms with van der Waals surface area (Å²) >= 11 is 0. The Hall–Kier alpha value is -2.54. The maximum atomic E-state index is 2.38. The van der Waals surface area contributed by atoms with Gasteiger partial charge in [0.25, 0.3) is 0 Å². The molecule has 0 radical (unpaired) electrons. The highest BCUT2D eigenvalue weighted by Crippen LogP contribution is 2.32. The molecule has 0 spiro atoms. The Kier molecular flexibility index (Phi) is 3.19. The molecule has 4 rings (SSSR count). The second-order valence-corrected chi connectivity index (χ2v) is 5.79. The summed E-state index contributed by atoms with van der Waals surface area (Å²) in [6, 6.07) is 26.2. The minimum absolute atomic E-state index is 1.13. The number of rotatable bonds is 3. The van der Waals surface area contributed by atoms with Gasteiger partial charge < -0.3 is 4.57 Å². The zero-order chi connectivity index (χ0) is 14.9. The largest absolute Gasteiger partial charge is 0.309 e. The molecule has 0 amide bonds. The minimum atomic E-state index is 1.13. The third-order valence-corrected chi connectivity index (χ3v) is 4.29. The van der Waals surface area contributed by atoms with Crippen LogP contribution < -0.4 is 0 Å². The number of aromatic nitrogens is 1. The van der Waals surface area contributed by atoms with Gasteiger partial charge >= 0.3 is 0 Å². The van der Waals surface area contributed by atoms with E-state index in [0.29, 0.717) is 0 Å². The fourth-order valence-corrected chi connectivity index (χ4v) is 3.32. The maximum Gasteiger partial charge on any atom is 0.0543 e. The molecule has 0 saturated carbocycles. The number of hydrogen-bond acceptors (Lipinski definition) is 0. The molecular weight excluding hydrogens is 266 g/mol. The molecule has 108 valence electrons. The first kappa shape index (κ1) is 13.1. The molecule has 0 aliphatic carbocycles. The number of nitrogens with zero attached hydrogens (tertiary/aromatic N) is 1. The first-order chi connectivity index (χ1) is 10.9. The predicted octanol–water partition coefficient (Wildman–Crippen LogP) is 5.74. The molecule has 4 aromatic rings. The van der Waals surface area contributed by atoms with Crippen molar-refractivity contribution < 1.29 is 0 Å². The monoisotopic (exact) mass is 285 g/mol. The first-order valence-electron chi connectivity index (χ1n) is 7.96. The van der Waals surface area contributed by atoms with Gasteiger partial charge in [-0.25, -0.2) is 0 Å². The summed E-state index contributed by atoms with van der Waals surface area (Å²) in [7, 11) is 0. The SMILES string of the molecule is CCCc1ccc2c3ccccc3n(-c3ccccc3)c2c1. The van der Waals surface area contributed by atoms with Crippen molar-refractivity contribution in [2.45, 2.75) is 19.8 Å². The zero-order valence-corrected chi connectivity index (χ0v) is 12.8. The molecule has 1 nitrogen and oxygen atoms in total. The average molecular weight is 285 g/mol. The highest BCUT2D eigenvalue weighted by Gasteiger charge is 2.11. The van der Waals surface area contributed by atoms with E-state index in [1.807, 2.05) is 0 Å². The molecule has 0 unspecified atom stereocenters. The van der Waals surface area contributed by atoms with Crippen molar-refractivity contribution in [1.82, 2.24) is 4.57 Å². The topological polar surface area (TPSA) is 4.93 Å². The van der Waals surface area contributed by atoms with E-state index in [4.69, 9.17) is 0 Å². The van der Waals surface area contributed by atoms with Gasteiger partial charge in [-0.15, -0.1) is 0 Å². The van der Waals surface area contributed by atoms with Crippen LogP contribution in [0.25, 0.3) is 27.5 Å². The van der Waals surface area contributed by atoms with E-state index in [9.17, 15) is 0 Å². The van der Waals surface area contributed by atoms with E-state index < -0.39 is 0 Å². The predicted molar refractivity (Wildman–Crippen MR) is 94.8 cm³/mol. The third-order valence-electron chi connectivity index (χ3n) is 4.29. The molecule has 0 bridgehead atoms. The summed E-state index contributed by atoms with van der Waals surface area (Å²) in [6.07, 6.45) is 2.31. The molecular formula is C21H19N. The van der Waals surface area contributed by atoms with Crippen LogP contribution in [0.3, 0.4) is 0 Å². The first-order valence-corrected chi connectivity index (χ1v) is 7.96. The van der Waals surface area contributed by atoms with Crippen LogP contribution >= 0.6 is 0 Å². The van der Waals surface area contributed by atoms with E-state index in [-0.39, 0.29) is 0 Å². The Morgan fingerprint density at radius 3 is 2.27 bits per heavy atom. The van der Waals surface area contributed by atoms with Crippen LogP contribution in [-0.4, -0.2) is 4.57 Å². The van der Waals surface area contributed by atoms with Crippen molar-refractivity contribution in [3.63, 3.8) is 0 Å². The zero-order valence-electron chi connectivity index (χ0n) is 12.8. The Morgan fingerprint density at radius 1 is 0.727 bits per heavy atom. The lowest BCUT2D eigenvalue weighted by Gasteiger charge is -2.08. The van der Waals surface area contributed by atoms with Gasteiger partial charge in [-0.05, 0) is 36.2 Å². The van der Waals surface area contributed by atoms with Crippen molar-refractivity contribution in [3.8, 4) is 5.69 Å². The summed E-state index contributed by atoms with van der Waals surface area (Å²) in [5, 5.41) is 2.66. The van der Waals surface area contributed by atoms with E-state index in [1.165, 1.54) is 39.5 Å². The quantitative estimate of drug-likeness (QED) is 0.452. The number of aryl methyl sites for hydroxylation is 1. The second-order valence-electron chi connectivity index (χ2n) is 5.79. The summed E-state index contributed by atoms with van der Waals surface area (Å²) < 4.78 is 2.38. The Balaban J connectivity index is 2.11. The van der Waals surface area contributed by atoms with Crippen LogP contribution in [0.15, 0.2) is 72.8 Å². The third kappa shape index (κ3) is 2.01. The molecule has 0 aliphatic rings. The molecule has 1 heterocycles. The Morgan fingerprint density at radius 2 is 1.45 bits per heavy atom. The Labute approximate surface area is 130 Å². The standard InChI is InChI=1S/C21H19N/c1-2-8-16-13-14-19-18-11-6-7-12-20(18)22(21(19)15-16)17-9-4-3-5-10-17/h3-7,9-15H,2,8H2,1H3. The molecule has 0 fully saturated rings. The summed E-state index contributed by atoms with van der Waals surface area (Å²) in [5.74, 6) is 0. The number of hydrogen-bond donors (Lipinski definition) is 0. The smallest absolute Gasteiger partial charge is 0.0543 e. The van der Waals surface area contributed by atoms with Crippen LogP contribution in [-0.2, 0) is 6.42 Å². The van der Waals surface area contributed by atoms with Gasteiger partial charge in [-0.1, -0.05) is 61.9 Å². The van der Waals surface area contributed by atoms with Crippen LogP contribution in [0.2, 0.25) is 0 Å². The van der Waals surface area contributed by atoms with Gasteiger partial charge in [0.05, 0.1) is 11.0 Å². The van der Waals surface area contributed by atoms with Crippen LogP contribution in [0.5, 0.6) is 0 Å². The molecule has 1 heteroatoms. The van der Waals surface area contributed by atoms with E-state index >= 15 is 0 Å². The van der Waals surface area contributed by atoms with Crippen molar-refractivity contribution in [3.05, 3.63) is 78.4 Å². The lowest BCUT2D eigenvalue weighted by Crippen LogP contribution is -1.93. The number of para-hydroxylation sites is 2. The summed E-state index contributed by atoms with van der Waals surface area (Å²) in [4.78, 5) is 0. The molecule has 1 aromatic heterocycles. The van der Waals surface area contributed by atoms with Gasteiger partial charge in [0, 0.05) is 16.5 Å². The van der Waals surface area contributed by atoms with Gasteiger partial charge in [0.1, 0.15) is 0 Å². The van der Waals surface area contributed by atoms with Gasteiger partial charge in [-0.3, -0.25) is 0 Å². The fraction of sp³-hybridized carbons (Fsp3) is 0.143. The molecule has 0 aliphatic heterocycles. The van der Waals surface area contributed by atoms with E-state index in [1.54, 1.807) is 0 Å². The van der Waals surface area contributed by atoms with Gasteiger partial charge in [-0.2, -0.15) is 0 Å². The fourth-order valence-electron chi connectivity index (χ4n) is 3.32. The maximum absolute atomic E-state index is 2.38. The summed E-state index contributed by atoms with van der Waals surface area (Å²) in [6.45, 7) is 2.23. The van der Waals surface area contributed by atoms with E-state index in [0.717, 1.165) is 6.42 Å². The summed E-state index contributed by atoms with van der Waals surface area (Å²) in [5.41, 5.74) is 5.22. The van der Waals surface area contributed by atoms with Crippen LogP contribution in [0.4, 0.5) is 0 Å². The highest BCUT2D eigenvalue weighted by atomic mass is 15.0. The van der Waals surface area contributed by atoms with Gasteiger partial charge in [0.2, 0.25) is 0 Å². The van der Waals surface area contributed by atoms with Crippen molar-refractivity contribution in [2.24, 2.45) is 0 Å². The minimum Gasteiger partial charge on any atom is -0.309 e. The average Bonchev–Trinajstić information content (AvgIpc) is 2.90. The molecule has 0 atom stereocenters. The lowest BCUT2D eigenvalue weighted by atomic mass is 10.1. The number of fused-ring (bicyclic) bond motifs is 3. The van der Waals surface area contributed by atoms with E-state index in [2.05, 4.69) is 84.3 Å². The van der Waals surface area contributed by atoms with Crippen molar-refractivity contribution >= 4 is 21.8 Å².